The van der Waals surface area contributed by atoms with Crippen molar-refractivity contribution in [1.82, 2.24) is 4.72 Å². The molecule has 1 aliphatic heterocycles. The highest BCUT2D eigenvalue weighted by molar-refractivity contribution is 7.90. The van der Waals surface area contributed by atoms with E-state index in [0.717, 1.165) is 17.7 Å². The minimum absolute atomic E-state index is 0.00150. The van der Waals surface area contributed by atoms with Crippen LogP contribution >= 0.6 is 0 Å². The van der Waals surface area contributed by atoms with Gasteiger partial charge in [0.05, 0.1) is 11.1 Å². The van der Waals surface area contributed by atoms with E-state index in [2.05, 4.69) is 9.44 Å². The number of nitrogens with zero attached hydrogens (tertiary/aromatic N) is 1. The molecule has 0 spiro atoms. The Morgan fingerprint density at radius 3 is 2.57 bits per heavy atom. The van der Waals surface area contributed by atoms with E-state index in [1.165, 1.54) is 0 Å². The number of carbonyl (C=O) groups is 1. The van der Waals surface area contributed by atoms with Crippen LogP contribution < -0.4 is 14.3 Å². The van der Waals surface area contributed by atoms with Crippen LogP contribution in [-0.4, -0.2) is 27.9 Å². The second-order valence-electron chi connectivity index (χ2n) is 5.72. The molecule has 2 N–H and O–H groups in total. The number of hydrogen-bond acceptors (Lipinski definition) is 3. The molecule has 0 saturated heterocycles. The summed E-state index contributed by atoms with van der Waals surface area (Å²) in [4.78, 5) is 13.8. The second kappa shape index (κ2) is 5.31. The SMILES string of the molecule is CCCNS(=O)(=O)Nc1ccc2c(c1)C(C)(C)C(=O)N2C. The molecule has 0 unspecified atom stereocenters. The minimum atomic E-state index is -3.58. The number of rotatable bonds is 5. The number of nitrogens with one attached hydrogen (secondary N) is 2. The summed E-state index contributed by atoms with van der Waals surface area (Å²) in [6, 6.07) is 5.15. The van der Waals surface area contributed by atoms with Crippen molar-refractivity contribution in [3.8, 4) is 0 Å². The van der Waals surface area contributed by atoms with Crippen molar-refractivity contribution in [2.45, 2.75) is 32.6 Å². The molecule has 116 valence electrons. The summed E-state index contributed by atoms with van der Waals surface area (Å²) in [7, 11) is -1.85. The zero-order chi connectivity index (χ0) is 15.8. The van der Waals surface area contributed by atoms with Gasteiger partial charge in [0.1, 0.15) is 0 Å². The van der Waals surface area contributed by atoms with Crippen molar-refractivity contribution in [3.05, 3.63) is 23.8 Å². The number of amides is 1. The fourth-order valence-electron chi connectivity index (χ4n) is 2.46. The smallest absolute Gasteiger partial charge is 0.299 e. The average molecular weight is 311 g/mol. The Kier molecular flexibility index (Phi) is 3.99. The topological polar surface area (TPSA) is 78.5 Å². The molecule has 1 aliphatic rings. The van der Waals surface area contributed by atoms with Crippen LogP contribution in [0.25, 0.3) is 0 Å². The maximum absolute atomic E-state index is 12.2. The third-order valence-corrected chi connectivity index (χ3v) is 4.75. The van der Waals surface area contributed by atoms with Crippen molar-refractivity contribution in [2.24, 2.45) is 0 Å². The van der Waals surface area contributed by atoms with Crippen LogP contribution in [0.3, 0.4) is 0 Å². The van der Waals surface area contributed by atoms with Gasteiger partial charge in [0, 0.05) is 19.3 Å². The van der Waals surface area contributed by atoms with Crippen molar-refractivity contribution in [3.63, 3.8) is 0 Å². The lowest BCUT2D eigenvalue weighted by Crippen LogP contribution is -2.33. The summed E-state index contributed by atoms with van der Waals surface area (Å²) in [6.07, 6.45) is 0.720. The first kappa shape index (κ1) is 15.8. The van der Waals surface area contributed by atoms with Crippen LogP contribution in [0.2, 0.25) is 0 Å². The first-order valence-corrected chi connectivity index (χ1v) is 8.37. The molecule has 1 aromatic carbocycles. The summed E-state index contributed by atoms with van der Waals surface area (Å²) in [5.74, 6) is 0.00150. The molecule has 0 radical (unpaired) electrons. The summed E-state index contributed by atoms with van der Waals surface area (Å²) >= 11 is 0. The maximum Gasteiger partial charge on any atom is 0.299 e. The second-order valence-corrected chi connectivity index (χ2v) is 7.22. The van der Waals surface area contributed by atoms with Gasteiger partial charge in [0.15, 0.2) is 0 Å². The molecule has 1 amide bonds. The zero-order valence-electron chi connectivity index (χ0n) is 12.7. The molecule has 21 heavy (non-hydrogen) atoms. The van der Waals surface area contributed by atoms with Crippen molar-refractivity contribution >= 4 is 27.5 Å². The number of fused-ring (bicyclic) bond motifs is 1. The Labute approximate surface area is 125 Å². The summed E-state index contributed by atoms with van der Waals surface area (Å²) in [5.41, 5.74) is 1.44. The molecule has 0 aliphatic carbocycles. The molecular formula is C14H21N3O3S. The molecule has 0 atom stereocenters. The van der Waals surface area contributed by atoms with E-state index in [4.69, 9.17) is 0 Å². The fourth-order valence-corrected chi connectivity index (χ4v) is 3.45. The van der Waals surface area contributed by atoms with Crippen LogP contribution in [0, 0.1) is 0 Å². The summed E-state index contributed by atoms with van der Waals surface area (Å²) < 4.78 is 28.6. The number of likely N-dealkylation sites (N-methyl/N-ethyl adjacent to an activating group) is 1. The quantitative estimate of drug-likeness (QED) is 0.867. The van der Waals surface area contributed by atoms with Gasteiger partial charge in [-0.3, -0.25) is 9.52 Å². The van der Waals surface area contributed by atoms with Gasteiger partial charge in [-0.05, 0) is 44.0 Å². The minimum Gasteiger partial charge on any atom is -0.314 e. The Balaban J connectivity index is 2.31. The van der Waals surface area contributed by atoms with E-state index >= 15 is 0 Å². The van der Waals surface area contributed by atoms with Gasteiger partial charge >= 0.3 is 0 Å². The highest BCUT2D eigenvalue weighted by Gasteiger charge is 2.42. The highest BCUT2D eigenvalue weighted by atomic mass is 32.2. The fraction of sp³-hybridized carbons (Fsp3) is 0.500. The molecule has 1 aromatic rings. The van der Waals surface area contributed by atoms with Gasteiger partial charge in [-0.1, -0.05) is 6.92 Å². The Bertz CT molecular complexity index is 668. The predicted molar refractivity (Wildman–Crippen MR) is 83.7 cm³/mol. The third-order valence-electron chi connectivity index (χ3n) is 3.66. The van der Waals surface area contributed by atoms with Crippen LogP contribution in [-0.2, 0) is 20.4 Å². The number of hydrogen-bond donors (Lipinski definition) is 2. The lowest BCUT2D eigenvalue weighted by molar-refractivity contribution is -0.121. The van der Waals surface area contributed by atoms with Gasteiger partial charge < -0.3 is 4.90 Å². The van der Waals surface area contributed by atoms with Gasteiger partial charge in [-0.15, -0.1) is 0 Å². The standard InChI is InChI=1S/C14H21N3O3S/c1-5-8-15-21(19,20)16-10-6-7-12-11(9-10)14(2,3)13(18)17(12)4/h6-7,9,15-16H,5,8H2,1-4H3. The highest BCUT2D eigenvalue weighted by Crippen LogP contribution is 2.41. The van der Waals surface area contributed by atoms with Crippen LogP contribution in [0.4, 0.5) is 11.4 Å². The first-order chi connectivity index (χ1) is 9.69. The molecule has 2 rings (SSSR count). The van der Waals surface area contributed by atoms with Crippen molar-refractivity contribution < 1.29 is 13.2 Å². The molecule has 0 aromatic heterocycles. The molecule has 1 heterocycles. The molecule has 0 bridgehead atoms. The van der Waals surface area contributed by atoms with Gasteiger partial charge in [-0.25, -0.2) is 0 Å². The van der Waals surface area contributed by atoms with Crippen molar-refractivity contribution in [2.75, 3.05) is 23.2 Å². The lowest BCUT2D eigenvalue weighted by Gasteiger charge is -2.17. The number of benzene rings is 1. The summed E-state index contributed by atoms with van der Waals surface area (Å²) in [6.45, 7) is 5.95. The third kappa shape index (κ3) is 2.89. The van der Waals surface area contributed by atoms with E-state index in [9.17, 15) is 13.2 Å². The Hall–Kier alpha value is -1.60. The monoisotopic (exact) mass is 311 g/mol. The molecule has 0 fully saturated rings. The van der Waals surface area contributed by atoms with Gasteiger partial charge in [-0.2, -0.15) is 13.1 Å². The largest absolute Gasteiger partial charge is 0.314 e. The first-order valence-electron chi connectivity index (χ1n) is 6.89. The van der Waals surface area contributed by atoms with Gasteiger partial charge in [0.25, 0.3) is 10.2 Å². The van der Waals surface area contributed by atoms with E-state index in [1.807, 2.05) is 20.8 Å². The summed E-state index contributed by atoms with van der Waals surface area (Å²) in [5, 5.41) is 0. The lowest BCUT2D eigenvalue weighted by atomic mass is 9.86. The Morgan fingerprint density at radius 1 is 1.29 bits per heavy atom. The molecule has 6 nitrogen and oxygen atoms in total. The molecular weight excluding hydrogens is 290 g/mol. The van der Waals surface area contributed by atoms with Crippen LogP contribution in [0.1, 0.15) is 32.8 Å². The van der Waals surface area contributed by atoms with E-state index < -0.39 is 15.6 Å². The van der Waals surface area contributed by atoms with E-state index in [0.29, 0.717) is 12.2 Å². The van der Waals surface area contributed by atoms with Crippen LogP contribution in [0.15, 0.2) is 18.2 Å². The average Bonchev–Trinajstić information content (AvgIpc) is 2.58. The normalized spacial score (nSPS) is 17.0. The maximum atomic E-state index is 12.2. The predicted octanol–water partition coefficient (Wildman–Crippen LogP) is 1.60. The van der Waals surface area contributed by atoms with E-state index in [-0.39, 0.29) is 5.91 Å². The van der Waals surface area contributed by atoms with Crippen molar-refractivity contribution in [1.29, 1.82) is 0 Å². The number of anilines is 2. The Morgan fingerprint density at radius 2 is 1.95 bits per heavy atom. The van der Waals surface area contributed by atoms with E-state index in [1.54, 1.807) is 30.1 Å². The zero-order valence-corrected chi connectivity index (χ0v) is 13.5. The van der Waals surface area contributed by atoms with Gasteiger partial charge in [0.2, 0.25) is 5.91 Å². The molecule has 0 saturated carbocycles. The molecule has 7 heteroatoms. The number of carbonyl (C=O) groups excluding carboxylic acids is 1. The van der Waals surface area contributed by atoms with Crippen LogP contribution in [0.5, 0.6) is 0 Å².